The van der Waals surface area contributed by atoms with Crippen LogP contribution < -0.4 is 16.2 Å². The van der Waals surface area contributed by atoms with Gasteiger partial charge in [-0.2, -0.15) is 4.98 Å². The number of rotatable bonds is 3. The van der Waals surface area contributed by atoms with E-state index in [0.717, 1.165) is 61.2 Å². The summed E-state index contributed by atoms with van der Waals surface area (Å²) in [4.78, 5) is 29.5. The van der Waals surface area contributed by atoms with E-state index in [4.69, 9.17) is 5.73 Å². The minimum Gasteiger partial charge on any atom is -0.368 e. The van der Waals surface area contributed by atoms with Crippen LogP contribution in [-0.2, 0) is 0 Å². The molecule has 0 atom stereocenters. The van der Waals surface area contributed by atoms with Gasteiger partial charge in [-0.15, -0.1) is 0 Å². The molecule has 3 aromatic rings. The highest BCUT2D eigenvalue weighted by molar-refractivity contribution is 5.84. The molecule has 156 valence electrons. The Morgan fingerprint density at radius 2 is 1.80 bits per heavy atom. The zero-order valence-electron chi connectivity index (χ0n) is 17.5. The number of aromatic nitrogens is 4. The quantitative estimate of drug-likeness (QED) is 0.713. The van der Waals surface area contributed by atoms with Gasteiger partial charge in [0.05, 0.1) is 5.69 Å². The first-order valence-electron chi connectivity index (χ1n) is 11.0. The minimum absolute atomic E-state index is 0.0115. The zero-order valence-corrected chi connectivity index (χ0v) is 17.5. The second-order valence-corrected chi connectivity index (χ2v) is 8.53. The van der Waals surface area contributed by atoms with Crippen LogP contribution in [0.25, 0.3) is 22.2 Å². The number of nitrogen functional groups attached to an aromatic ring is 1. The number of nitrogens with two attached hydrogens (primary N) is 1. The first-order chi connectivity index (χ1) is 14.6. The van der Waals surface area contributed by atoms with Crippen LogP contribution in [-0.4, -0.2) is 32.6 Å². The van der Waals surface area contributed by atoms with Gasteiger partial charge in [-0.3, -0.25) is 9.36 Å². The van der Waals surface area contributed by atoms with E-state index in [1.165, 1.54) is 19.3 Å². The van der Waals surface area contributed by atoms with Crippen LogP contribution in [0.1, 0.15) is 56.7 Å². The fraction of sp³-hybridized carbons (Fsp3) is 0.478. The number of fused-ring (bicyclic) bond motifs is 1. The molecule has 7 nitrogen and oxygen atoms in total. The van der Waals surface area contributed by atoms with Crippen molar-refractivity contribution in [1.29, 1.82) is 0 Å². The summed E-state index contributed by atoms with van der Waals surface area (Å²) in [5.41, 5.74) is 8.88. The van der Waals surface area contributed by atoms with Crippen molar-refractivity contribution in [2.75, 3.05) is 23.7 Å². The summed E-state index contributed by atoms with van der Waals surface area (Å²) in [6.07, 6.45) is 9.73. The van der Waals surface area contributed by atoms with Crippen molar-refractivity contribution in [2.45, 2.75) is 57.9 Å². The number of pyridine rings is 2. The van der Waals surface area contributed by atoms with E-state index in [2.05, 4.69) is 19.9 Å². The van der Waals surface area contributed by atoms with Gasteiger partial charge in [0.25, 0.3) is 5.56 Å². The Labute approximate surface area is 176 Å². The van der Waals surface area contributed by atoms with Crippen molar-refractivity contribution in [3.05, 3.63) is 40.4 Å². The molecule has 1 aliphatic carbocycles. The van der Waals surface area contributed by atoms with Gasteiger partial charge in [0.1, 0.15) is 11.5 Å². The summed E-state index contributed by atoms with van der Waals surface area (Å²) in [6.45, 7) is 4.03. The van der Waals surface area contributed by atoms with E-state index in [9.17, 15) is 4.79 Å². The molecule has 0 aromatic carbocycles. The SMILES string of the molecule is Cc1nc(N)nc2c1cc(-c1ccc(N3CCCC3)nc1)c(=O)n2C1CCCCC1. The Morgan fingerprint density at radius 3 is 2.50 bits per heavy atom. The fourth-order valence-electron chi connectivity index (χ4n) is 4.94. The molecule has 1 saturated carbocycles. The van der Waals surface area contributed by atoms with Gasteiger partial charge in [0.15, 0.2) is 0 Å². The lowest BCUT2D eigenvalue weighted by Crippen LogP contribution is -2.29. The monoisotopic (exact) mass is 404 g/mol. The summed E-state index contributed by atoms with van der Waals surface area (Å²) in [7, 11) is 0. The van der Waals surface area contributed by atoms with Crippen LogP contribution >= 0.6 is 0 Å². The fourth-order valence-corrected chi connectivity index (χ4v) is 4.94. The Bertz CT molecular complexity index is 1130. The van der Waals surface area contributed by atoms with E-state index in [1.807, 2.05) is 35.9 Å². The molecule has 0 bridgehead atoms. The van der Waals surface area contributed by atoms with E-state index in [1.54, 1.807) is 0 Å². The minimum atomic E-state index is -0.0115. The maximum absolute atomic E-state index is 13.7. The molecule has 2 fully saturated rings. The van der Waals surface area contributed by atoms with Gasteiger partial charge in [-0.05, 0) is 50.8 Å². The number of nitrogens with zero attached hydrogens (tertiary/aromatic N) is 5. The molecule has 2 aliphatic rings. The molecule has 0 unspecified atom stereocenters. The zero-order chi connectivity index (χ0) is 20.7. The van der Waals surface area contributed by atoms with Crippen LogP contribution in [0, 0.1) is 6.92 Å². The van der Waals surface area contributed by atoms with Gasteiger partial charge < -0.3 is 10.6 Å². The largest absolute Gasteiger partial charge is 0.368 e. The lowest BCUT2D eigenvalue weighted by Gasteiger charge is -2.26. The average Bonchev–Trinajstić information content (AvgIpc) is 3.29. The van der Waals surface area contributed by atoms with Crippen LogP contribution in [0.15, 0.2) is 29.2 Å². The number of aryl methyl sites for hydroxylation is 1. The normalized spacial score (nSPS) is 17.7. The van der Waals surface area contributed by atoms with Crippen molar-refractivity contribution in [3.63, 3.8) is 0 Å². The summed E-state index contributed by atoms with van der Waals surface area (Å²) >= 11 is 0. The topological polar surface area (TPSA) is 89.9 Å². The Morgan fingerprint density at radius 1 is 1.03 bits per heavy atom. The molecule has 5 rings (SSSR count). The molecule has 0 spiro atoms. The molecular formula is C23H28N6O. The molecular weight excluding hydrogens is 376 g/mol. The third kappa shape index (κ3) is 3.32. The summed E-state index contributed by atoms with van der Waals surface area (Å²) in [5, 5.41) is 0.882. The van der Waals surface area contributed by atoms with E-state index >= 15 is 0 Å². The first-order valence-corrected chi connectivity index (χ1v) is 11.0. The Balaban J connectivity index is 1.66. The van der Waals surface area contributed by atoms with Crippen molar-refractivity contribution in [3.8, 4) is 11.1 Å². The smallest absolute Gasteiger partial charge is 0.260 e. The van der Waals surface area contributed by atoms with E-state index < -0.39 is 0 Å². The summed E-state index contributed by atoms with van der Waals surface area (Å²) in [6, 6.07) is 6.11. The van der Waals surface area contributed by atoms with Gasteiger partial charge in [-0.1, -0.05) is 19.3 Å². The molecule has 4 heterocycles. The summed E-state index contributed by atoms with van der Waals surface area (Å²) in [5.74, 6) is 1.20. The van der Waals surface area contributed by atoms with Gasteiger partial charge >= 0.3 is 0 Å². The van der Waals surface area contributed by atoms with Gasteiger partial charge in [0.2, 0.25) is 5.95 Å². The highest BCUT2D eigenvalue weighted by atomic mass is 16.1. The molecule has 2 N–H and O–H groups in total. The lowest BCUT2D eigenvalue weighted by atomic mass is 9.94. The third-order valence-corrected chi connectivity index (χ3v) is 6.53. The maximum Gasteiger partial charge on any atom is 0.260 e. The number of hydrogen-bond acceptors (Lipinski definition) is 6. The summed E-state index contributed by atoms with van der Waals surface area (Å²) < 4.78 is 1.88. The second-order valence-electron chi connectivity index (χ2n) is 8.53. The van der Waals surface area contributed by atoms with Gasteiger partial charge in [0, 0.05) is 41.8 Å². The average molecular weight is 405 g/mol. The molecule has 1 saturated heterocycles. The van der Waals surface area contributed by atoms with Crippen LogP contribution in [0.4, 0.5) is 11.8 Å². The van der Waals surface area contributed by atoms with Crippen molar-refractivity contribution < 1.29 is 0 Å². The maximum atomic E-state index is 13.7. The molecule has 1 aliphatic heterocycles. The van der Waals surface area contributed by atoms with E-state index in [-0.39, 0.29) is 17.5 Å². The Kier molecular flexibility index (Phi) is 4.89. The lowest BCUT2D eigenvalue weighted by molar-refractivity contribution is 0.353. The standard InChI is InChI=1S/C23H28N6O/c1-15-18-13-19(16-9-10-20(25-14-16)28-11-5-6-12-28)22(30)29(17-7-3-2-4-8-17)21(18)27-23(24)26-15/h9-10,13-14,17H,2-8,11-12H2,1H3,(H2,24,26,27). The van der Waals surface area contributed by atoms with Gasteiger partial charge in [-0.25, -0.2) is 9.97 Å². The number of hydrogen-bond donors (Lipinski definition) is 1. The number of anilines is 2. The molecule has 30 heavy (non-hydrogen) atoms. The molecule has 3 aromatic heterocycles. The molecule has 7 heteroatoms. The van der Waals surface area contributed by atoms with Crippen molar-refractivity contribution in [1.82, 2.24) is 19.5 Å². The highest BCUT2D eigenvalue weighted by Crippen LogP contribution is 2.32. The van der Waals surface area contributed by atoms with Crippen LogP contribution in [0.5, 0.6) is 0 Å². The van der Waals surface area contributed by atoms with Crippen molar-refractivity contribution >= 4 is 22.8 Å². The van der Waals surface area contributed by atoms with Crippen LogP contribution in [0.2, 0.25) is 0 Å². The second kappa shape index (κ2) is 7.70. The molecule has 0 amide bonds. The molecule has 0 radical (unpaired) electrons. The highest BCUT2D eigenvalue weighted by Gasteiger charge is 2.23. The van der Waals surface area contributed by atoms with Crippen LogP contribution in [0.3, 0.4) is 0 Å². The predicted octanol–water partition coefficient (Wildman–Crippen LogP) is 3.85. The van der Waals surface area contributed by atoms with Crippen molar-refractivity contribution in [2.24, 2.45) is 0 Å². The Hall–Kier alpha value is -2.96. The predicted molar refractivity (Wildman–Crippen MR) is 120 cm³/mol. The first kappa shape index (κ1) is 19.0. The van der Waals surface area contributed by atoms with E-state index in [0.29, 0.717) is 11.2 Å². The third-order valence-electron chi connectivity index (χ3n) is 6.53.